The van der Waals surface area contributed by atoms with Crippen molar-refractivity contribution in [3.05, 3.63) is 0 Å². The van der Waals surface area contributed by atoms with Gasteiger partial charge in [0.15, 0.2) is 0 Å². The molecule has 21 heavy (non-hydrogen) atoms. The summed E-state index contributed by atoms with van der Waals surface area (Å²) in [5.74, 6) is -3.33. The topological polar surface area (TPSA) is 190 Å². The highest BCUT2D eigenvalue weighted by atomic mass is 17.2. The van der Waals surface area contributed by atoms with Gasteiger partial charge in [-0.15, -0.1) is 0 Å². The summed E-state index contributed by atoms with van der Waals surface area (Å²) < 4.78 is 0. The number of hydrogen-bond donors (Lipinski definition) is 4. The van der Waals surface area contributed by atoms with Gasteiger partial charge in [0.1, 0.15) is 6.61 Å². The molecule has 0 fully saturated rings. The summed E-state index contributed by atoms with van der Waals surface area (Å²) in [6, 6.07) is 0. The fourth-order valence-corrected chi connectivity index (χ4v) is 0.482. The Morgan fingerprint density at radius 1 is 1.00 bits per heavy atom. The maximum atomic E-state index is 10.6. The standard InChI is InChI=1S/C7H10O7.2C2H6O.H3N/c8-5(9)1-2-7(12)14-13-4-3-6(10)11;2*1-2-3;/h1-4H2,(H,8,9)(H,10,11);2*3H,2H2,1H3;1H3. The summed E-state index contributed by atoms with van der Waals surface area (Å²) >= 11 is 0. The number of carbonyl (C=O) groups excluding carboxylic acids is 2. The lowest BCUT2D eigenvalue weighted by molar-refractivity contribution is -0.306. The van der Waals surface area contributed by atoms with Crippen LogP contribution in [0.1, 0.15) is 33.1 Å². The van der Waals surface area contributed by atoms with Crippen LogP contribution in [0.15, 0.2) is 0 Å². The van der Waals surface area contributed by atoms with E-state index in [9.17, 15) is 19.5 Å². The molecule has 0 unspecified atom stereocenters. The molecule has 0 aliphatic carbocycles. The largest absolute Gasteiger partial charge is 0.550 e. The zero-order valence-corrected chi connectivity index (χ0v) is 12.5. The Labute approximate surface area is 122 Å². The van der Waals surface area contributed by atoms with Gasteiger partial charge in [0.05, 0.1) is 12.8 Å². The average Bonchev–Trinajstić information content (AvgIpc) is 2.34. The van der Waals surface area contributed by atoms with Crippen molar-refractivity contribution in [2.45, 2.75) is 33.1 Å². The van der Waals surface area contributed by atoms with Crippen molar-refractivity contribution in [3.63, 3.8) is 0 Å². The second-order valence-electron chi connectivity index (χ2n) is 2.93. The number of aliphatic hydroxyl groups excluding tert-OH is 2. The van der Waals surface area contributed by atoms with Crippen LogP contribution in [0.2, 0.25) is 0 Å². The zero-order valence-electron chi connectivity index (χ0n) is 12.5. The first-order valence-corrected chi connectivity index (χ1v) is 5.81. The molecule has 0 atom stereocenters. The van der Waals surface area contributed by atoms with Crippen LogP contribution in [0, 0.1) is 0 Å². The number of carboxylic acids is 2. The summed E-state index contributed by atoms with van der Waals surface area (Å²) in [6.45, 7) is 3.59. The van der Waals surface area contributed by atoms with Gasteiger partial charge in [-0.3, -0.25) is 9.68 Å². The minimum Gasteiger partial charge on any atom is -0.550 e. The van der Waals surface area contributed by atoms with Crippen molar-refractivity contribution >= 4 is 17.9 Å². The lowest BCUT2D eigenvalue weighted by atomic mass is 10.3. The Morgan fingerprint density at radius 2 is 1.43 bits per heavy atom. The van der Waals surface area contributed by atoms with E-state index in [1.165, 1.54) is 0 Å². The fourth-order valence-electron chi connectivity index (χ4n) is 0.482. The summed E-state index contributed by atoms with van der Waals surface area (Å²) in [5, 5.41) is 33.2. The van der Waals surface area contributed by atoms with Crippen LogP contribution in [-0.2, 0) is 24.2 Å². The minimum absolute atomic E-state index is 0. The van der Waals surface area contributed by atoms with E-state index >= 15 is 0 Å². The summed E-state index contributed by atoms with van der Waals surface area (Å²) in [6.07, 6.45) is -1.12. The minimum atomic E-state index is -1.37. The van der Waals surface area contributed by atoms with Crippen molar-refractivity contribution in [1.29, 1.82) is 0 Å². The van der Waals surface area contributed by atoms with E-state index in [4.69, 9.17) is 15.3 Å². The van der Waals surface area contributed by atoms with E-state index in [1.54, 1.807) is 13.8 Å². The van der Waals surface area contributed by atoms with Gasteiger partial charge in [-0.1, -0.05) is 0 Å². The van der Waals surface area contributed by atoms with Crippen LogP contribution in [0.25, 0.3) is 0 Å². The Kier molecular flexibility index (Phi) is 30.7. The van der Waals surface area contributed by atoms with Crippen molar-refractivity contribution in [2.24, 2.45) is 0 Å². The van der Waals surface area contributed by atoms with Gasteiger partial charge in [0.2, 0.25) is 0 Å². The normalized spacial score (nSPS) is 8.00. The predicted molar refractivity (Wildman–Crippen MR) is 70.0 cm³/mol. The van der Waals surface area contributed by atoms with Crippen LogP contribution in [-0.4, -0.2) is 53.0 Å². The number of hydrogen-bond acceptors (Lipinski definition) is 8. The van der Waals surface area contributed by atoms with Crippen LogP contribution in [0.5, 0.6) is 0 Å². The summed E-state index contributed by atoms with van der Waals surface area (Å²) in [7, 11) is 0. The van der Waals surface area contributed by atoms with Gasteiger partial charge in [0, 0.05) is 19.2 Å². The van der Waals surface area contributed by atoms with Crippen molar-refractivity contribution < 1.29 is 44.6 Å². The lowest BCUT2D eigenvalue weighted by Crippen LogP contribution is -2.23. The number of rotatable bonds is 7. The molecule has 0 amide bonds. The van der Waals surface area contributed by atoms with Crippen molar-refractivity contribution in [2.75, 3.05) is 19.8 Å². The number of carboxylic acid groups (broad SMARTS) is 2. The number of aliphatic carboxylic acids is 2. The number of quaternary nitrogens is 1. The maximum Gasteiger partial charge on any atom is 0.342 e. The molecule has 0 aromatic carbocycles. The molecular weight excluding hydrogens is 290 g/mol. The van der Waals surface area contributed by atoms with E-state index in [0.29, 0.717) is 0 Å². The van der Waals surface area contributed by atoms with Crippen LogP contribution < -0.4 is 11.3 Å². The Morgan fingerprint density at radius 3 is 1.76 bits per heavy atom. The van der Waals surface area contributed by atoms with Crippen molar-refractivity contribution in [3.8, 4) is 0 Å². The first kappa shape index (κ1) is 27.6. The molecule has 0 aliphatic heterocycles. The molecule has 0 saturated carbocycles. The molecule has 0 aliphatic rings. The monoisotopic (exact) mass is 315 g/mol. The third kappa shape index (κ3) is 45.9. The third-order valence-corrected chi connectivity index (χ3v) is 1.08. The first-order valence-electron chi connectivity index (χ1n) is 5.81. The van der Waals surface area contributed by atoms with Gasteiger partial charge >= 0.3 is 11.9 Å². The smallest absolute Gasteiger partial charge is 0.342 e. The quantitative estimate of drug-likeness (QED) is 0.255. The highest BCUT2D eigenvalue weighted by Gasteiger charge is 2.04. The van der Waals surface area contributed by atoms with Gasteiger partial charge in [-0.05, 0) is 20.3 Å². The summed E-state index contributed by atoms with van der Waals surface area (Å²) in [5.41, 5.74) is 0. The third-order valence-electron chi connectivity index (χ3n) is 1.08. The Bertz CT molecular complexity index is 256. The van der Waals surface area contributed by atoms with E-state index < -0.39 is 24.3 Å². The van der Waals surface area contributed by atoms with Gasteiger partial charge in [-0.25, -0.2) is 4.79 Å². The molecule has 0 saturated heterocycles. The second-order valence-corrected chi connectivity index (χ2v) is 2.93. The molecule has 0 bridgehead atoms. The molecule has 7 N–H and O–H groups in total. The summed E-state index contributed by atoms with van der Waals surface area (Å²) in [4.78, 5) is 38.7. The molecule has 10 heteroatoms. The lowest BCUT2D eigenvalue weighted by Gasteiger charge is -2.02. The Balaban J connectivity index is -0.000000177. The highest BCUT2D eigenvalue weighted by Crippen LogP contribution is 1.93. The number of carbonyl (C=O) groups is 3. The van der Waals surface area contributed by atoms with Gasteiger partial charge in [0.25, 0.3) is 0 Å². The van der Waals surface area contributed by atoms with Crippen LogP contribution >= 0.6 is 0 Å². The average molecular weight is 315 g/mol. The molecule has 0 rings (SSSR count). The molecule has 0 aromatic rings. The Hall–Kier alpha value is -1.75. The van der Waals surface area contributed by atoms with E-state index in [2.05, 4.69) is 9.78 Å². The molecule has 10 nitrogen and oxygen atoms in total. The fraction of sp³-hybridized carbons (Fsp3) is 0.727. The first-order chi connectivity index (χ1) is 9.35. The van der Waals surface area contributed by atoms with Gasteiger partial charge in [-0.2, -0.15) is 4.89 Å². The molecule has 0 heterocycles. The molecule has 0 radical (unpaired) electrons. The number of aliphatic hydroxyl groups is 2. The van der Waals surface area contributed by atoms with E-state index in [1.807, 2.05) is 0 Å². The van der Waals surface area contributed by atoms with Gasteiger partial charge < -0.3 is 31.4 Å². The van der Waals surface area contributed by atoms with Crippen LogP contribution in [0.3, 0.4) is 0 Å². The molecular formula is C11H25NO9. The predicted octanol–water partition coefficient (Wildman–Crippen LogP) is -1.16. The molecule has 0 aromatic heterocycles. The van der Waals surface area contributed by atoms with E-state index in [0.717, 1.165) is 0 Å². The van der Waals surface area contributed by atoms with Crippen molar-refractivity contribution in [1.82, 2.24) is 6.15 Å². The zero-order chi connectivity index (χ0) is 16.4. The molecule has 0 spiro atoms. The highest BCUT2D eigenvalue weighted by molar-refractivity contribution is 5.75. The maximum absolute atomic E-state index is 10.6. The second kappa shape index (κ2) is 23.4. The molecule has 128 valence electrons. The van der Waals surface area contributed by atoms with Crippen LogP contribution in [0.4, 0.5) is 0 Å². The van der Waals surface area contributed by atoms with E-state index in [-0.39, 0.29) is 38.8 Å². The SMILES string of the molecule is CCO.CCO.O=C([O-])CCC(=O)OOCCC(=O)O.[NH4+].